The lowest BCUT2D eigenvalue weighted by Crippen LogP contribution is -2.45. The van der Waals surface area contributed by atoms with Crippen LogP contribution < -0.4 is 5.32 Å². The van der Waals surface area contributed by atoms with E-state index in [1.807, 2.05) is 49.8 Å². The highest BCUT2D eigenvalue weighted by Gasteiger charge is 2.38. The van der Waals surface area contributed by atoms with Crippen molar-refractivity contribution < 1.29 is 4.79 Å². The molecule has 0 spiro atoms. The second-order valence-electron chi connectivity index (χ2n) is 8.05. The highest BCUT2D eigenvalue weighted by Crippen LogP contribution is 2.29. The molecule has 7 heteroatoms. The van der Waals surface area contributed by atoms with Crippen molar-refractivity contribution in [3.05, 3.63) is 41.3 Å². The normalized spacial score (nSPS) is 26.6. The zero-order valence-electron chi connectivity index (χ0n) is 16.6. The van der Waals surface area contributed by atoms with Crippen LogP contribution in [0.2, 0.25) is 0 Å². The number of nitrogens with one attached hydrogen (secondary N) is 1. The average Bonchev–Trinajstić information content (AvgIpc) is 3.21. The van der Waals surface area contributed by atoms with Gasteiger partial charge in [-0.2, -0.15) is 10.4 Å². The van der Waals surface area contributed by atoms with Gasteiger partial charge in [0.05, 0.1) is 18.3 Å². The molecule has 1 fully saturated rings. The SMILES string of the molecule is Cc1cccc(-n2ncc3c2CC[C@H](C(=O)N[C@@H]2C[C@H](C)N(C#N)[C@@H]2C)C3)n1. The fraction of sp³-hybridized carbons (Fsp3) is 0.524. The Kier molecular flexibility index (Phi) is 4.80. The Balaban J connectivity index is 1.45. The zero-order chi connectivity index (χ0) is 19.8. The molecule has 0 saturated carbocycles. The summed E-state index contributed by atoms with van der Waals surface area (Å²) in [5.41, 5.74) is 3.24. The van der Waals surface area contributed by atoms with Crippen molar-refractivity contribution in [2.45, 2.75) is 64.6 Å². The highest BCUT2D eigenvalue weighted by atomic mass is 16.2. The monoisotopic (exact) mass is 378 g/mol. The Morgan fingerprint density at radius 3 is 2.89 bits per heavy atom. The maximum absolute atomic E-state index is 12.9. The fourth-order valence-electron chi connectivity index (χ4n) is 4.53. The molecular formula is C21H26N6O. The van der Waals surface area contributed by atoms with Gasteiger partial charge >= 0.3 is 0 Å². The number of hydrogen-bond acceptors (Lipinski definition) is 5. The molecule has 0 bridgehead atoms. The summed E-state index contributed by atoms with van der Waals surface area (Å²) in [5.74, 6) is 0.875. The number of carbonyl (C=O) groups is 1. The van der Waals surface area contributed by atoms with Crippen LogP contribution in [0.15, 0.2) is 24.4 Å². The first-order valence-corrected chi connectivity index (χ1v) is 9.96. The van der Waals surface area contributed by atoms with Crippen molar-refractivity contribution in [3.8, 4) is 12.0 Å². The number of hydrogen-bond donors (Lipinski definition) is 1. The van der Waals surface area contributed by atoms with Crippen LogP contribution in [-0.4, -0.2) is 43.7 Å². The second kappa shape index (κ2) is 7.27. The lowest BCUT2D eigenvalue weighted by atomic mass is 9.86. The highest BCUT2D eigenvalue weighted by molar-refractivity contribution is 5.79. The molecule has 2 aromatic heterocycles. The van der Waals surface area contributed by atoms with E-state index in [0.29, 0.717) is 6.42 Å². The lowest BCUT2D eigenvalue weighted by Gasteiger charge is -2.26. The Hall–Kier alpha value is -2.88. The number of rotatable bonds is 3. The molecular weight excluding hydrogens is 352 g/mol. The summed E-state index contributed by atoms with van der Waals surface area (Å²) in [6, 6.07) is 6.16. The minimum absolute atomic E-state index is 0.0303. The number of fused-ring (bicyclic) bond motifs is 1. The van der Waals surface area contributed by atoms with Gasteiger partial charge in [-0.05, 0) is 64.2 Å². The van der Waals surface area contributed by atoms with E-state index in [2.05, 4.69) is 21.6 Å². The van der Waals surface area contributed by atoms with Crippen LogP contribution in [0.3, 0.4) is 0 Å². The summed E-state index contributed by atoms with van der Waals surface area (Å²) in [7, 11) is 0. The molecule has 4 atom stereocenters. The van der Waals surface area contributed by atoms with Gasteiger partial charge in [0.25, 0.3) is 0 Å². The summed E-state index contributed by atoms with van der Waals surface area (Å²) in [5, 5.41) is 17.0. The maximum atomic E-state index is 12.9. The van der Waals surface area contributed by atoms with Gasteiger partial charge in [-0.1, -0.05) is 6.07 Å². The number of likely N-dealkylation sites (tertiary alicyclic amines) is 1. The van der Waals surface area contributed by atoms with Gasteiger partial charge in [-0.3, -0.25) is 4.79 Å². The first-order valence-electron chi connectivity index (χ1n) is 9.96. The van der Waals surface area contributed by atoms with Gasteiger partial charge < -0.3 is 10.2 Å². The molecule has 0 aromatic carbocycles. The smallest absolute Gasteiger partial charge is 0.223 e. The number of aromatic nitrogens is 3. The summed E-state index contributed by atoms with van der Waals surface area (Å²) in [6.07, 6.45) is 7.24. The molecule has 1 aliphatic carbocycles. The van der Waals surface area contributed by atoms with Crippen LogP contribution in [0, 0.1) is 24.3 Å². The molecule has 1 N–H and O–H groups in total. The van der Waals surface area contributed by atoms with Gasteiger partial charge in [-0.15, -0.1) is 0 Å². The summed E-state index contributed by atoms with van der Waals surface area (Å²) < 4.78 is 1.90. The summed E-state index contributed by atoms with van der Waals surface area (Å²) >= 11 is 0. The minimum Gasteiger partial charge on any atom is -0.351 e. The molecule has 146 valence electrons. The molecule has 1 saturated heterocycles. The number of aryl methyl sites for hydroxylation is 1. The number of nitriles is 1. The molecule has 28 heavy (non-hydrogen) atoms. The van der Waals surface area contributed by atoms with Crippen molar-refractivity contribution in [1.29, 1.82) is 5.26 Å². The van der Waals surface area contributed by atoms with E-state index in [-0.39, 0.29) is 30.0 Å². The molecule has 4 rings (SSSR count). The molecule has 0 unspecified atom stereocenters. The van der Waals surface area contributed by atoms with Crippen molar-refractivity contribution >= 4 is 5.91 Å². The van der Waals surface area contributed by atoms with Gasteiger partial charge in [0, 0.05) is 23.3 Å². The zero-order valence-corrected chi connectivity index (χ0v) is 16.6. The van der Waals surface area contributed by atoms with Gasteiger partial charge in [-0.25, -0.2) is 9.67 Å². The number of pyridine rings is 1. The van der Waals surface area contributed by atoms with Gasteiger partial charge in [0.1, 0.15) is 0 Å². The van der Waals surface area contributed by atoms with E-state index < -0.39 is 0 Å². The molecule has 3 heterocycles. The van der Waals surface area contributed by atoms with E-state index in [0.717, 1.165) is 42.0 Å². The van der Waals surface area contributed by atoms with Crippen LogP contribution in [0.4, 0.5) is 0 Å². The topological polar surface area (TPSA) is 86.8 Å². The van der Waals surface area contributed by atoms with Crippen LogP contribution in [0.1, 0.15) is 43.6 Å². The molecule has 0 radical (unpaired) electrons. The number of carbonyl (C=O) groups excluding carboxylic acids is 1. The molecule has 1 amide bonds. The van der Waals surface area contributed by atoms with Gasteiger partial charge in [0.2, 0.25) is 5.91 Å². The van der Waals surface area contributed by atoms with Crippen LogP contribution >= 0.6 is 0 Å². The first-order chi connectivity index (χ1) is 13.5. The molecule has 1 aliphatic heterocycles. The van der Waals surface area contributed by atoms with E-state index in [1.165, 1.54) is 0 Å². The average molecular weight is 378 g/mol. The standard InChI is InChI=1S/C21H26N6O/c1-13-5-4-6-20(24-13)27-19-8-7-16(10-17(19)11-23-27)21(28)25-18-9-14(2)26(12-22)15(18)3/h4-6,11,14-16,18H,7-10H2,1-3H3,(H,25,28)/t14-,15+,16-,18+/m0/s1. The third kappa shape index (κ3) is 3.24. The Bertz CT molecular complexity index is 929. The van der Waals surface area contributed by atoms with Crippen molar-refractivity contribution in [1.82, 2.24) is 25.0 Å². The lowest BCUT2D eigenvalue weighted by molar-refractivity contribution is -0.126. The van der Waals surface area contributed by atoms with Crippen LogP contribution in [0.5, 0.6) is 0 Å². The van der Waals surface area contributed by atoms with E-state index in [1.54, 1.807) is 4.90 Å². The van der Waals surface area contributed by atoms with Crippen molar-refractivity contribution in [2.75, 3.05) is 0 Å². The largest absolute Gasteiger partial charge is 0.351 e. The molecule has 2 aliphatic rings. The summed E-state index contributed by atoms with van der Waals surface area (Å²) in [6.45, 7) is 6.01. The fourth-order valence-corrected chi connectivity index (χ4v) is 4.53. The third-order valence-corrected chi connectivity index (χ3v) is 6.15. The third-order valence-electron chi connectivity index (χ3n) is 6.15. The second-order valence-corrected chi connectivity index (χ2v) is 8.05. The molecule has 7 nitrogen and oxygen atoms in total. The van der Waals surface area contributed by atoms with E-state index >= 15 is 0 Å². The predicted octanol–water partition coefficient (Wildman–Crippen LogP) is 2.13. The van der Waals surface area contributed by atoms with E-state index in [9.17, 15) is 10.1 Å². The Morgan fingerprint density at radius 2 is 2.18 bits per heavy atom. The predicted molar refractivity (Wildman–Crippen MR) is 105 cm³/mol. The van der Waals surface area contributed by atoms with Crippen molar-refractivity contribution in [2.24, 2.45) is 5.92 Å². The number of amides is 1. The van der Waals surface area contributed by atoms with Crippen molar-refractivity contribution in [3.63, 3.8) is 0 Å². The maximum Gasteiger partial charge on any atom is 0.223 e. The van der Waals surface area contributed by atoms with Crippen LogP contribution in [-0.2, 0) is 17.6 Å². The minimum atomic E-state index is -0.0470. The van der Waals surface area contributed by atoms with Gasteiger partial charge in [0.15, 0.2) is 12.0 Å². The van der Waals surface area contributed by atoms with E-state index in [4.69, 9.17) is 0 Å². The Morgan fingerprint density at radius 1 is 1.36 bits per heavy atom. The first kappa shape index (κ1) is 18.5. The van der Waals surface area contributed by atoms with Crippen LogP contribution in [0.25, 0.3) is 5.82 Å². The Labute approximate surface area is 165 Å². The number of nitrogens with zero attached hydrogens (tertiary/aromatic N) is 5. The quantitative estimate of drug-likeness (QED) is 0.827. The summed E-state index contributed by atoms with van der Waals surface area (Å²) in [4.78, 5) is 19.2. The molecule has 2 aromatic rings.